The van der Waals surface area contributed by atoms with Crippen molar-refractivity contribution in [2.75, 3.05) is 25.1 Å². The number of nitrogens with two attached hydrogens (primary N) is 1. The Bertz CT molecular complexity index is 333. The SMILES string of the molecule is CCN(CC)c1ccc([C@H](C)N)c(OC)c1. The Morgan fingerprint density at radius 2 is 1.94 bits per heavy atom. The first kappa shape index (κ1) is 12.8. The number of methoxy groups -OCH3 is 1. The number of ether oxygens (including phenoxy) is 1. The third-order valence-corrected chi connectivity index (χ3v) is 2.84. The van der Waals surface area contributed by atoms with Crippen LogP contribution in [0, 0.1) is 0 Å². The summed E-state index contributed by atoms with van der Waals surface area (Å²) >= 11 is 0. The zero-order valence-electron chi connectivity index (χ0n) is 10.7. The van der Waals surface area contributed by atoms with E-state index in [0.717, 1.165) is 24.4 Å². The first-order chi connectivity index (χ1) is 7.63. The molecule has 0 aliphatic carbocycles. The quantitative estimate of drug-likeness (QED) is 0.832. The summed E-state index contributed by atoms with van der Waals surface area (Å²) in [5, 5.41) is 0. The molecule has 0 fully saturated rings. The van der Waals surface area contributed by atoms with Crippen LogP contribution in [0.2, 0.25) is 0 Å². The fourth-order valence-corrected chi connectivity index (χ4v) is 1.86. The lowest BCUT2D eigenvalue weighted by atomic mass is 10.1. The molecule has 2 N–H and O–H groups in total. The number of nitrogens with zero attached hydrogens (tertiary/aromatic N) is 1. The van der Waals surface area contributed by atoms with Gasteiger partial charge in [-0.2, -0.15) is 0 Å². The lowest BCUT2D eigenvalue weighted by Crippen LogP contribution is -2.22. The normalized spacial score (nSPS) is 12.3. The van der Waals surface area contributed by atoms with Crippen LogP contribution in [0.4, 0.5) is 5.69 Å². The van der Waals surface area contributed by atoms with E-state index >= 15 is 0 Å². The second-order valence-electron chi connectivity index (χ2n) is 3.89. The molecule has 0 radical (unpaired) electrons. The van der Waals surface area contributed by atoms with Gasteiger partial charge in [0.15, 0.2) is 0 Å². The summed E-state index contributed by atoms with van der Waals surface area (Å²) in [6.45, 7) is 8.26. The highest BCUT2D eigenvalue weighted by atomic mass is 16.5. The van der Waals surface area contributed by atoms with Gasteiger partial charge in [-0.25, -0.2) is 0 Å². The summed E-state index contributed by atoms with van der Waals surface area (Å²) in [6, 6.07) is 6.22. The Labute approximate surface area is 98.2 Å². The van der Waals surface area contributed by atoms with Gasteiger partial charge in [0.05, 0.1) is 7.11 Å². The molecule has 3 heteroatoms. The molecule has 0 saturated heterocycles. The molecule has 0 amide bonds. The van der Waals surface area contributed by atoms with E-state index in [9.17, 15) is 0 Å². The van der Waals surface area contributed by atoms with Gasteiger partial charge >= 0.3 is 0 Å². The van der Waals surface area contributed by atoms with E-state index in [1.165, 1.54) is 5.69 Å². The van der Waals surface area contributed by atoms with Crippen molar-refractivity contribution < 1.29 is 4.74 Å². The first-order valence-corrected chi connectivity index (χ1v) is 5.82. The second-order valence-corrected chi connectivity index (χ2v) is 3.89. The van der Waals surface area contributed by atoms with Crippen molar-refractivity contribution in [1.29, 1.82) is 0 Å². The largest absolute Gasteiger partial charge is 0.496 e. The maximum absolute atomic E-state index is 5.89. The molecule has 1 atom stereocenters. The van der Waals surface area contributed by atoms with Crippen molar-refractivity contribution in [2.24, 2.45) is 5.73 Å². The van der Waals surface area contributed by atoms with Crippen LogP contribution < -0.4 is 15.4 Å². The maximum Gasteiger partial charge on any atom is 0.125 e. The minimum Gasteiger partial charge on any atom is -0.496 e. The molecule has 0 aromatic heterocycles. The van der Waals surface area contributed by atoms with Crippen molar-refractivity contribution in [1.82, 2.24) is 0 Å². The standard InChI is InChI=1S/C13H22N2O/c1-5-15(6-2)11-7-8-12(10(3)14)13(9-11)16-4/h7-10H,5-6,14H2,1-4H3/t10-/m0/s1. The van der Waals surface area contributed by atoms with Crippen molar-refractivity contribution >= 4 is 5.69 Å². The van der Waals surface area contributed by atoms with Gasteiger partial charge in [-0.3, -0.25) is 0 Å². The summed E-state index contributed by atoms with van der Waals surface area (Å²) < 4.78 is 5.38. The fraction of sp³-hybridized carbons (Fsp3) is 0.538. The fourth-order valence-electron chi connectivity index (χ4n) is 1.86. The average molecular weight is 222 g/mol. The number of rotatable bonds is 5. The molecule has 0 aliphatic rings. The topological polar surface area (TPSA) is 38.5 Å². The van der Waals surface area contributed by atoms with Crippen molar-refractivity contribution in [3.63, 3.8) is 0 Å². The molecule has 0 spiro atoms. The average Bonchev–Trinajstić information content (AvgIpc) is 2.30. The molecule has 0 bridgehead atoms. The van der Waals surface area contributed by atoms with Gasteiger partial charge in [0, 0.05) is 36.4 Å². The van der Waals surface area contributed by atoms with Crippen molar-refractivity contribution in [3.8, 4) is 5.75 Å². The Morgan fingerprint density at radius 1 is 1.31 bits per heavy atom. The van der Waals surface area contributed by atoms with E-state index in [1.54, 1.807) is 7.11 Å². The molecule has 0 heterocycles. The zero-order valence-corrected chi connectivity index (χ0v) is 10.7. The Balaban J connectivity index is 3.08. The van der Waals surface area contributed by atoms with Crippen LogP contribution in [-0.4, -0.2) is 20.2 Å². The monoisotopic (exact) mass is 222 g/mol. The molecule has 0 aliphatic heterocycles. The summed E-state index contributed by atoms with van der Waals surface area (Å²) in [5.74, 6) is 0.874. The van der Waals surface area contributed by atoms with E-state index in [2.05, 4.69) is 36.9 Å². The van der Waals surface area contributed by atoms with Crippen LogP contribution in [0.15, 0.2) is 18.2 Å². The van der Waals surface area contributed by atoms with E-state index in [-0.39, 0.29) is 6.04 Å². The maximum atomic E-state index is 5.89. The predicted molar refractivity (Wildman–Crippen MR) is 69.2 cm³/mol. The number of benzene rings is 1. The highest BCUT2D eigenvalue weighted by Gasteiger charge is 2.10. The van der Waals surface area contributed by atoms with Gasteiger partial charge < -0.3 is 15.4 Å². The number of hydrogen-bond acceptors (Lipinski definition) is 3. The van der Waals surface area contributed by atoms with Gasteiger partial charge in [-0.1, -0.05) is 6.07 Å². The highest BCUT2D eigenvalue weighted by molar-refractivity contribution is 5.54. The van der Waals surface area contributed by atoms with Gasteiger partial charge in [-0.15, -0.1) is 0 Å². The summed E-state index contributed by atoms with van der Waals surface area (Å²) in [6.07, 6.45) is 0. The molecule has 1 rings (SSSR count). The van der Waals surface area contributed by atoms with Gasteiger partial charge in [0.25, 0.3) is 0 Å². The Kier molecular flexibility index (Phi) is 4.62. The molecule has 0 unspecified atom stereocenters. The molecule has 3 nitrogen and oxygen atoms in total. The summed E-state index contributed by atoms with van der Waals surface area (Å²) in [4.78, 5) is 2.29. The first-order valence-electron chi connectivity index (χ1n) is 5.82. The van der Waals surface area contributed by atoms with Crippen molar-refractivity contribution in [3.05, 3.63) is 23.8 Å². The molecule has 0 saturated carbocycles. The van der Waals surface area contributed by atoms with Crippen LogP contribution in [0.5, 0.6) is 5.75 Å². The van der Waals surface area contributed by atoms with Gasteiger partial charge in [0.2, 0.25) is 0 Å². The predicted octanol–water partition coefficient (Wildman–Crippen LogP) is 2.56. The van der Waals surface area contributed by atoms with Crippen LogP contribution in [0.25, 0.3) is 0 Å². The van der Waals surface area contributed by atoms with Crippen LogP contribution in [0.1, 0.15) is 32.4 Å². The third-order valence-electron chi connectivity index (χ3n) is 2.84. The van der Waals surface area contributed by atoms with E-state index in [4.69, 9.17) is 10.5 Å². The zero-order chi connectivity index (χ0) is 12.1. The molecule has 16 heavy (non-hydrogen) atoms. The summed E-state index contributed by atoms with van der Waals surface area (Å²) in [5.41, 5.74) is 8.13. The lowest BCUT2D eigenvalue weighted by Gasteiger charge is -2.23. The minimum absolute atomic E-state index is 0.000651. The molecular weight excluding hydrogens is 200 g/mol. The second kappa shape index (κ2) is 5.75. The Morgan fingerprint density at radius 3 is 2.38 bits per heavy atom. The van der Waals surface area contributed by atoms with E-state index < -0.39 is 0 Å². The van der Waals surface area contributed by atoms with Crippen LogP contribution >= 0.6 is 0 Å². The van der Waals surface area contributed by atoms with Crippen LogP contribution in [-0.2, 0) is 0 Å². The van der Waals surface area contributed by atoms with Crippen molar-refractivity contribution in [2.45, 2.75) is 26.8 Å². The highest BCUT2D eigenvalue weighted by Crippen LogP contribution is 2.28. The third kappa shape index (κ3) is 2.67. The smallest absolute Gasteiger partial charge is 0.125 e. The summed E-state index contributed by atoms with van der Waals surface area (Å²) in [7, 11) is 1.69. The van der Waals surface area contributed by atoms with E-state index in [1.807, 2.05) is 6.92 Å². The molecular formula is C13H22N2O. The lowest BCUT2D eigenvalue weighted by molar-refractivity contribution is 0.407. The number of hydrogen-bond donors (Lipinski definition) is 1. The minimum atomic E-state index is 0.000651. The van der Waals surface area contributed by atoms with Gasteiger partial charge in [-0.05, 0) is 26.8 Å². The van der Waals surface area contributed by atoms with Gasteiger partial charge in [0.1, 0.15) is 5.75 Å². The van der Waals surface area contributed by atoms with Crippen LogP contribution in [0.3, 0.4) is 0 Å². The molecule has 1 aromatic carbocycles. The van der Waals surface area contributed by atoms with E-state index in [0.29, 0.717) is 0 Å². The molecule has 90 valence electrons. The Hall–Kier alpha value is -1.22. The number of anilines is 1. The molecule has 1 aromatic rings.